The van der Waals surface area contributed by atoms with Crippen molar-refractivity contribution in [2.75, 3.05) is 0 Å². The Bertz CT molecular complexity index is 855. The number of carbonyl (C=O) groups excluding carboxylic acids is 1. The van der Waals surface area contributed by atoms with Gasteiger partial charge >= 0.3 is 0 Å². The number of halogens is 1. The topological polar surface area (TPSA) is 17.1 Å². The minimum absolute atomic E-state index is 0.0419. The summed E-state index contributed by atoms with van der Waals surface area (Å²) in [7, 11) is 0. The van der Waals surface area contributed by atoms with Gasteiger partial charge in [-0.25, -0.2) is 0 Å². The molecule has 0 saturated carbocycles. The average molecular weight is 333 g/mol. The number of aryl methyl sites for hydroxylation is 2. The maximum atomic E-state index is 12.4. The highest BCUT2D eigenvalue weighted by atomic mass is 35.5. The van der Waals surface area contributed by atoms with Crippen LogP contribution in [0.5, 0.6) is 0 Å². The van der Waals surface area contributed by atoms with Crippen LogP contribution >= 0.6 is 34.3 Å². The van der Waals surface area contributed by atoms with Gasteiger partial charge < -0.3 is 0 Å². The zero-order valence-electron chi connectivity index (χ0n) is 11.6. The summed E-state index contributed by atoms with van der Waals surface area (Å²) in [6.45, 7) is 4.11. The van der Waals surface area contributed by atoms with Crippen molar-refractivity contribution < 1.29 is 4.79 Å². The Balaban J connectivity index is 1.94. The molecule has 4 heteroatoms. The summed E-state index contributed by atoms with van der Waals surface area (Å²) in [5, 5.41) is 4.03. The quantitative estimate of drug-likeness (QED) is 0.416. The van der Waals surface area contributed by atoms with Crippen LogP contribution in [0.2, 0.25) is 5.02 Å². The van der Waals surface area contributed by atoms with Gasteiger partial charge in [0.15, 0.2) is 5.78 Å². The molecular formula is C17H13ClOS2. The number of fused-ring (bicyclic) bond motifs is 1. The smallest absolute Gasteiger partial charge is 0.196 e. The van der Waals surface area contributed by atoms with Crippen LogP contribution < -0.4 is 0 Å². The van der Waals surface area contributed by atoms with Crippen molar-refractivity contribution in [2.45, 2.75) is 13.8 Å². The van der Waals surface area contributed by atoms with Crippen molar-refractivity contribution in [1.82, 2.24) is 0 Å². The SMILES string of the molecule is Cc1csc2sc(C(=O)/C=C/c3ccccc3Cl)c(C)c12. The van der Waals surface area contributed by atoms with Crippen LogP contribution in [-0.2, 0) is 0 Å². The lowest BCUT2D eigenvalue weighted by Gasteiger charge is -1.97. The Labute approximate surface area is 136 Å². The summed E-state index contributed by atoms with van der Waals surface area (Å²) in [4.78, 5) is 13.2. The zero-order chi connectivity index (χ0) is 15.0. The lowest BCUT2D eigenvalue weighted by molar-refractivity contribution is 0.105. The molecule has 21 heavy (non-hydrogen) atoms. The standard InChI is InChI=1S/C17H13ClOS2/c1-10-9-20-17-15(10)11(2)16(21-17)14(19)8-7-12-5-3-4-6-13(12)18/h3-9H,1-2H3/b8-7+. The van der Waals surface area contributed by atoms with Crippen molar-refractivity contribution in [2.24, 2.45) is 0 Å². The summed E-state index contributed by atoms with van der Waals surface area (Å²) in [5.74, 6) is 0.0419. The molecule has 0 aliphatic heterocycles. The number of benzene rings is 1. The molecule has 0 saturated heterocycles. The van der Waals surface area contributed by atoms with Gasteiger partial charge in [-0.3, -0.25) is 4.79 Å². The van der Waals surface area contributed by atoms with E-state index in [2.05, 4.69) is 12.3 Å². The van der Waals surface area contributed by atoms with E-state index in [9.17, 15) is 4.79 Å². The molecule has 2 heterocycles. The molecule has 0 unspecified atom stereocenters. The maximum Gasteiger partial charge on any atom is 0.196 e. The van der Waals surface area contributed by atoms with E-state index in [4.69, 9.17) is 11.6 Å². The van der Waals surface area contributed by atoms with Crippen LogP contribution in [0.3, 0.4) is 0 Å². The maximum absolute atomic E-state index is 12.4. The van der Waals surface area contributed by atoms with Gasteiger partial charge in [0.05, 0.1) is 8.89 Å². The van der Waals surface area contributed by atoms with Gasteiger partial charge in [-0.2, -0.15) is 0 Å². The molecule has 0 radical (unpaired) electrons. The van der Waals surface area contributed by atoms with E-state index in [-0.39, 0.29) is 5.78 Å². The molecule has 2 aromatic heterocycles. The minimum atomic E-state index is 0.0419. The molecule has 0 bridgehead atoms. The third-order valence-electron chi connectivity index (χ3n) is 3.39. The summed E-state index contributed by atoms with van der Waals surface area (Å²) < 4.78 is 1.22. The monoisotopic (exact) mass is 332 g/mol. The molecular weight excluding hydrogens is 320 g/mol. The van der Waals surface area contributed by atoms with Crippen molar-refractivity contribution in [3.05, 3.63) is 62.3 Å². The molecule has 0 atom stereocenters. The van der Waals surface area contributed by atoms with Crippen molar-refractivity contribution in [3.8, 4) is 0 Å². The van der Waals surface area contributed by atoms with Crippen LogP contribution in [0.1, 0.15) is 26.4 Å². The van der Waals surface area contributed by atoms with E-state index in [1.54, 1.807) is 34.8 Å². The van der Waals surface area contributed by atoms with Crippen molar-refractivity contribution >= 4 is 55.5 Å². The van der Waals surface area contributed by atoms with Gasteiger partial charge in [-0.05, 0) is 54.1 Å². The highest BCUT2D eigenvalue weighted by Gasteiger charge is 2.16. The highest BCUT2D eigenvalue weighted by Crippen LogP contribution is 2.37. The van der Waals surface area contributed by atoms with Crippen LogP contribution in [0.15, 0.2) is 35.7 Å². The first kappa shape index (κ1) is 14.5. The number of allylic oxidation sites excluding steroid dienone is 1. The van der Waals surface area contributed by atoms with E-state index in [1.807, 2.05) is 31.2 Å². The molecule has 0 fully saturated rings. The normalized spacial score (nSPS) is 11.6. The van der Waals surface area contributed by atoms with Crippen LogP contribution in [-0.4, -0.2) is 5.78 Å². The van der Waals surface area contributed by atoms with Gasteiger partial charge in [0.2, 0.25) is 0 Å². The van der Waals surface area contributed by atoms with E-state index in [1.165, 1.54) is 15.0 Å². The first-order valence-corrected chi connectivity index (χ1v) is 8.59. The van der Waals surface area contributed by atoms with Gasteiger partial charge in [-0.15, -0.1) is 22.7 Å². The molecule has 0 spiro atoms. The molecule has 0 N–H and O–H groups in total. The van der Waals surface area contributed by atoms with Gasteiger partial charge in [-0.1, -0.05) is 29.8 Å². The second-order valence-electron chi connectivity index (χ2n) is 4.86. The van der Waals surface area contributed by atoms with Crippen molar-refractivity contribution in [1.29, 1.82) is 0 Å². The van der Waals surface area contributed by atoms with Crippen molar-refractivity contribution in [3.63, 3.8) is 0 Å². The predicted octanol–water partition coefficient (Wildman–Crippen LogP) is 6.13. The molecule has 1 aromatic carbocycles. The zero-order valence-corrected chi connectivity index (χ0v) is 14.0. The number of hydrogen-bond donors (Lipinski definition) is 0. The molecule has 3 rings (SSSR count). The molecule has 0 aliphatic rings. The lowest BCUT2D eigenvalue weighted by Crippen LogP contribution is -1.92. The Kier molecular flexibility index (Phi) is 3.98. The summed E-state index contributed by atoms with van der Waals surface area (Å²) in [6, 6.07) is 7.51. The summed E-state index contributed by atoms with van der Waals surface area (Å²) in [6.07, 6.45) is 3.39. The molecule has 106 valence electrons. The summed E-state index contributed by atoms with van der Waals surface area (Å²) >= 11 is 9.38. The van der Waals surface area contributed by atoms with E-state index >= 15 is 0 Å². The average Bonchev–Trinajstić information content (AvgIpc) is 2.99. The van der Waals surface area contributed by atoms with Crippen LogP contribution in [0, 0.1) is 13.8 Å². The number of carbonyl (C=O) groups is 1. The fourth-order valence-corrected chi connectivity index (χ4v) is 4.96. The third-order valence-corrected chi connectivity index (χ3v) is 6.27. The highest BCUT2D eigenvalue weighted by molar-refractivity contribution is 7.38. The van der Waals surface area contributed by atoms with Gasteiger partial charge in [0, 0.05) is 10.4 Å². The number of thiophene rings is 2. The fourth-order valence-electron chi connectivity index (χ4n) is 2.31. The molecule has 0 amide bonds. The van der Waals surface area contributed by atoms with E-state index in [0.717, 1.165) is 16.0 Å². The largest absolute Gasteiger partial charge is 0.288 e. The van der Waals surface area contributed by atoms with E-state index < -0.39 is 0 Å². The molecule has 3 aromatic rings. The Hall–Kier alpha value is -1.42. The predicted molar refractivity (Wildman–Crippen MR) is 94.0 cm³/mol. The van der Waals surface area contributed by atoms with Gasteiger partial charge in [0.25, 0.3) is 0 Å². The van der Waals surface area contributed by atoms with Crippen LogP contribution in [0.4, 0.5) is 0 Å². The lowest BCUT2D eigenvalue weighted by atomic mass is 10.1. The first-order chi connectivity index (χ1) is 10.1. The summed E-state index contributed by atoms with van der Waals surface area (Å²) in [5.41, 5.74) is 3.19. The number of ketones is 1. The number of hydrogen-bond acceptors (Lipinski definition) is 3. The fraction of sp³-hybridized carbons (Fsp3) is 0.118. The second-order valence-corrected chi connectivity index (χ2v) is 7.42. The second kappa shape index (κ2) is 5.76. The van der Waals surface area contributed by atoms with Gasteiger partial charge in [0.1, 0.15) is 0 Å². The Morgan fingerprint density at radius 1 is 1.24 bits per heavy atom. The first-order valence-electron chi connectivity index (χ1n) is 6.52. The van der Waals surface area contributed by atoms with Crippen LogP contribution in [0.25, 0.3) is 15.5 Å². The minimum Gasteiger partial charge on any atom is -0.288 e. The number of rotatable bonds is 3. The molecule has 1 nitrogen and oxygen atoms in total. The Morgan fingerprint density at radius 2 is 2.00 bits per heavy atom. The molecule has 0 aliphatic carbocycles. The third kappa shape index (κ3) is 2.69. The van der Waals surface area contributed by atoms with E-state index in [0.29, 0.717) is 5.02 Å². The Morgan fingerprint density at radius 3 is 2.71 bits per heavy atom.